The first-order chi connectivity index (χ1) is 12.0. The Morgan fingerprint density at radius 2 is 2.08 bits per heavy atom. The number of nitrogens with zero attached hydrogens (tertiary/aromatic N) is 3. The van der Waals surface area contributed by atoms with Crippen molar-refractivity contribution in [2.75, 3.05) is 20.1 Å². The van der Waals surface area contributed by atoms with Crippen molar-refractivity contribution in [1.29, 1.82) is 5.26 Å². The van der Waals surface area contributed by atoms with Crippen LogP contribution < -0.4 is 4.72 Å². The summed E-state index contributed by atoms with van der Waals surface area (Å²) in [6.45, 7) is 2.72. The third-order valence-electron chi connectivity index (χ3n) is 5.19. The molecule has 0 spiro atoms. The molecule has 138 valence electrons. The molecule has 0 aromatic rings. The van der Waals surface area contributed by atoms with Crippen molar-refractivity contribution in [2.45, 2.75) is 62.8 Å². The van der Waals surface area contributed by atoms with Gasteiger partial charge in [-0.1, -0.05) is 31.7 Å². The van der Waals surface area contributed by atoms with Gasteiger partial charge in [-0.2, -0.15) is 5.26 Å². The molecule has 0 aromatic carbocycles. The average Bonchev–Trinajstić information content (AvgIpc) is 3.50. The summed E-state index contributed by atoms with van der Waals surface area (Å²) in [7, 11) is 1.70. The van der Waals surface area contributed by atoms with Gasteiger partial charge < -0.3 is 9.80 Å². The Labute approximate surface area is 154 Å². The first kappa shape index (κ1) is 18.5. The highest BCUT2D eigenvalue weighted by Crippen LogP contribution is 2.36. The van der Waals surface area contributed by atoms with Gasteiger partial charge >= 0.3 is 0 Å². The van der Waals surface area contributed by atoms with E-state index in [0.29, 0.717) is 23.6 Å². The molecule has 1 saturated heterocycles. The second kappa shape index (κ2) is 7.96. The lowest BCUT2D eigenvalue weighted by Gasteiger charge is -2.27. The SMILES string of the molecule is CC1CC(C#N)N(C(=O)CN(C)C(=O)C(CC2CC2)NSC2CC2)C1. The lowest BCUT2D eigenvalue weighted by Crippen LogP contribution is -2.48. The molecule has 1 heterocycles. The summed E-state index contributed by atoms with van der Waals surface area (Å²) in [5.74, 6) is 0.863. The van der Waals surface area contributed by atoms with Crippen molar-refractivity contribution in [2.24, 2.45) is 11.8 Å². The highest BCUT2D eigenvalue weighted by atomic mass is 32.2. The van der Waals surface area contributed by atoms with Gasteiger partial charge in [-0.3, -0.25) is 14.3 Å². The molecule has 2 saturated carbocycles. The van der Waals surface area contributed by atoms with Gasteiger partial charge in [-0.25, -0.2) is 0 Å². The van der Waals surface area contributed by atoms with Gasteiger partial charge in [0.25, 0.3) is 0 Å². The molecule has 6 nitrogen and oxygen atoms in total. The molecular weight excluding hydrogens is 336 g/mol. The summed E-state index contributed by atoms with van der Waals surface area (Å²) in [4.78, 5) is 28.6. The van der Waals surface area contributed by atoms with E-state index >= 15 is 0 Å². The standard InChI is InChI=1S/C18H28N4O2S/c1-12-7-14(9-19)22(10-12)17(23)11-21(2)18(24)16(8-13-3-4-13)20-25-15-5-6-15/h12-16,20H,3-8,10-11H2,1-2H3. The monoisotopic (exact) mass is 364 g/mol. The number of likely N-dealkylation sites (N-methyl/N-ethyl adjacent to an activating group) is 1. The van der Waals surface area contributed by atoms with E-state index in [9.17, 15) is 14.9 Å². The summed E-state index contributed by atoms with van der Waals surface area (Å²) in [6, 6.07) is 1.65. The van der Waals surface area contributed by atoms with Crippen LogP contribution in [-0.2, 0) is 9.59 Å². The fourth-order valence-electron chi connectivity index (χ4n) is 3.33. The largest absolute Gasteiger partial charge is 0.335 e. The fourth-order valence-corrected chi connectivity index (χ4v) is 4.26. The minimum absolute atomic E-state index is 0.00541. The Kier molecular flexibility index (Phi) is 5.90. The number of hydrogen-bond donors (Lipinski definition) is 1. The van der Waals surface area contributed by atoms with Gasteiger partial charge in [0.05, 0.1) is 18.7 Å². The quantitative estimate of drug-likeness (QED) is 0.664. The Balaban J connectivity index is 1.53. The molecule has 3 rings (SSSR count). The maximum Gasteiger partial charge on any atom is 0.243 e. The number of hydrogen-bond acceptors (Lipinski definition) is 5. The van der Waals surface area contributed by atoms with Crippen molar-refractivity contribution in [3.05, 3.63) is 0 Å². The third kappa shape index (κ3) is 5.11. The second-order valence-electron chi connectivity index (χ2n) is 7.89. The minimum atomic E-state index is -0.350. The number of nitriles is 1. The van der Waals surface area contributed by atoms with Crippen LogP contribution in [0.3, 0.4) is 0 Å². The summed E-state index contributed by atoms with van der Waals surface area (Å²) >= 11 is 1.68. The lowest BCUT2D eigenvalue weighted by atomic mass is 10.1. The highest BCUT2D eigenvalue weighted by molar-refractivity contribution is 7.98. The molecule has 7 heteroatoms. The minimum Gasteiger partial charge on any atom is -0.335 e. The van der Waals surface area contributed by atoms with Gasteiger partial charge in [0.15, 0.2) is 0 Å². The molecule has 3 fully saturated rings. The van der Waals surface area contributed by atoms with Crippen molar-refractivity contribution in [3.63, 3.8) is 0 Å². The Morgan fingerprint density at radius 3 is 2.68 bits per heavy atom. The molecular formula is C18H28N4O2S. The Bertz CT molecular complexity index is 556. The van der Waals surface area contributed by atoms with Gasteiger partial charge in [0.2, 0.25) is 11.8 Å². The van der Waals surface area contributed by atoms with E-state index in [4.69, 9.17) is 0 Å². The first-order valence-electron chi connectivity index (χ1n) is 9.33. The van der Waals surface area contributed by atoms with Crippen LogP contribution in [0.1, 0.15) is 45.4 Å². The second-order valence-corrected chi connectivity index (χ2v) is 9.03. The van der Waals surface area contributed by atoms with Gasteiger partial charge in [-0.15, -0.1) is 0 Å². The smallest absolute Gasteiger partial charge is 0.243 e. The molecule has 1 aliphatic heterocycles. The topological polar surface area (TPSA) is 76.4 Å². The lowest BCUT2D eigenvalue weighted by molar-refractivity contribution is -0.140. The van der Waals surface area contributed by atoms with Crippen LogP contribution in [0.5, 0.6) is 0 Å². The number of carbonyl (C=O) groups is 2. The first-order valence-corrected chi connectivity index (χ1v) is 10.2. The molecule has 3 atom stereocenters. The van der Waals surface area contributed by atoms with Gasteiger partial charge in [0, 0.05) is 18.8 Å². The maximum absolute atomic E-state index is 12.8. The van der Waals surface area contributed by atoms with E-state index in [0.717, 1.165) is 12.8 Å². The zero-order chi connectivity index (χ0) is 18.0. The maximum atomic E-state index is 12.8. The summed E-state index contributed by atoms with van der Waals surface area (Å²) in [5.41, 5.74) is 0. The highest BCUT2D eigenvalue weighted by Gasteiger charge is 2.36. The zero-order valence-electron chi connectivity index (χ0n) is 15.1. The number of carbonyl (C=O) groups excluding carboxylic acids is 2. The van der Waals surface area contributed by atoms with E-state index in [1.54, 1.807) is 23.9 Å². The Morgan fingerprint density at radius 1 is 1.36 bits per heavy atom. The fraction of sp³-hybridized carbons (Fsp3) is 0.833. The zero-order valence-corrected chi connectivity index (χ0v) is 15.9. The van der Waals surface area contributed by atoms with Gasteiger partial charge in [-0.05, 0) is 37.5 Å². The molecule has 0 aromatic heterocycles. The number of nitrogens with one attached hydrogen (secondary N) is 1. The summed E-state index contributed by atoms with van der Waals surface area (Å²) < 4.78 is 3.35. The van der Waals surface area contributed by atoms with Crippen LogP contribution in [0.4, 0.5) is 0 Å². The van der Waals surface area contributed by atoms with E-state index in [2.05, 4.69) is 17.7 Å². The van der Waals surface area contributed by atoms with E-state index < -0.39 is 0 Å². The number of amides is 2. The van der Waals surface area contributed by atoms with Crippen LogP contribution in [0.2, 0.25) is 0 Å². The van der Waals surface area contributed by atoms with Crippen LogP contribution in [0.25, 0.3) is 0 Å². The molecule has 0 bridgehead atoms. The van der Waals surface area contributed by atoms with Gasteiger partial charge in [0.1, 0.15) is 6.04 Å². The third-order valence-corrected chi connectivity index (χ3v) is 6.42. The molecule has 25 heavy (non-hydrogen) atoms. The number of rotatable bonds is 8. The van der Waals surface area contributed by atoms with Crippen LogP contribution in [0.15, 0.2) is 0 Å². The summed E-state index contributed by atoms with van der Waals surface area (Å²) in [5, 5.41) is 9.87. The predicted octanol–water partition coefficient (Wildman–Crippen LogP) is 1.77. The van der Waals surface area contributed by atoms with E-state index in [1.165, 1.54) is 30.6 Å². The molecule has 2 amide bonds. The van der Waals surface area contributed by atoms with Crippen molar-refractivity contribution < 1.29 is 9.59 Å². The predicted molar refractivity (Wildman–Crippen MR) is 97.4 cm³/mol. The number of likely N-dealkylation sites (tertiary alicyclic amines) is 1. The molecule has 0 radical (unpaired) electrons. The van der Waals surface area contributed by atoms with Crippen molar-refractivity contribution in [1.82, 2.24) is 14.5 Å². The molecule has 1 N–H and O–H groups in total. The molecule has 2 aliphatic carbocycles. The molecule has 3 unspecified atom stereocenters. The van der Waals surface area contributed by atoms with Crippen molar-refractivity contribution in [3.8, 4) is 6.07 Å². The molecule has 3 aliphatic rings. The van der Waals surface area contributed by atoms with Crippen LogP contribution >= 0.6 is 11.9 Å². The van der Waals surface area contributed by atoms with Crippen LogP contribution in [0, 0.1) is 23.2 Å². The average molecular weight is 365 g/mol. The van der Waals surface area contributed by atoms with Crippen molar-refractivity contribution >= 4 is 23.8 Å². The Hall–Kier alpha value is -1.26. The van der Waals surface area contributed by atoms with E-state index in [-0.39, 0.29) is 30.4 Å². The summed E-state index contributed by atoms with van der Waals surface area (Å²) in [6.07, 6.45) is 6.44. The normalized spacial score (nSPS) is 27.0. The van der Waals surface area contributed by atoms with Crippen LogP contribution in [-0.4, -0.2) is 59.1 Å². The van der Waals surface area contributed by atoms with E-state index in [1.807, 2.05) is 0 Å².